The Morgan fingerprint density at radius 2 is 2.08 bits per heavy atom. The van der Waals surface area contributed by atoms with E-state index in [4.69, 9.17) is 4.74 Å². The predicted octanol–water partition coefficient (Wildman–Crippen LogP) is 2.88. The van der Waals surface area contributed by atoms with Gasteiger partial charge in [-0.25, -0.2) is 4.79 Å². The lowest BCUT2D eigenvalue weighted by Crippen LogP contribution is -1.95. The van der Waals surface area contributed by atoms with E-state index in [0.717, 1.165) is 14.5 Å². The summed E-state index contributed by atoms with van der Waals surface area (Å²) in [5.41, 5.74) is 1.58. The van der Waals surface area contributed by atoms with Crippen LogP contribution in [0.5, 0.6) is 0 Å². The summed E-state index contributed by atoms with van der Waals surface area (Å²) in [6.07, 6.45) is 0. The summed E-state index contributed by atoms with van der Waals surface area (Å²) in [6, 6.07) is 3.78. The largest absolute Gasteiger partial charge is 0.457 e. The molecule has 0 spiro atoms. The van der Waals surface area contributed by atoms with Crippen molar-refractivity contribution in [2.75, 3.05) is 0 Å². The molecule has 0 fully saturated rings. The maximum atomic E-state index is 11.2. The Balaban J connectivity index is 2.71. The zero-order valence-corrected chi connectivity index (χ0v) is 9.11. The van der Waals surface area contributed by atoms with Gasteiger partial charge in [0.15, 0.2) is 0 Å². The summed E-state index contributed by atoms with van der Waals surface area (Å²) >= 11 is 6.65. The number of esters is 1. The molecular formula is C8H4Br2O2. The first-order valence-corrected chi connectivity index (χ1v) is 4.93. The third-order valence-electron chi connectivity index (χ3n) is 1.74. The minimum atomic E-state index is -0.252. The number of hydrogen-bond donors (Lipinski definition) is 0. The lowest BCUT2D eigenvalue weighted by atomic mass is 10.1. The highest BCUT2D eigenvalue weighted by Gasteiger charge is 2.24. The van der Waals surface area contributed by atoms with E-state index in [2.05, 4.69) is 31.9 Å². The quantitative estimate of drug-likeness (QED) is 0.687. The summed E-state index contributed by atoms with van der Waals surface area (Å²) in [5.74, 6) is -0.252. The molecule has 0 atom stereocenters. The minimum Gasteiger partial charge on any atom is -0.457 e. The van der Waals surface area contributed by atoms with E-state index in [-0.39, 0.29) is 5.97 Å². The monoisotopic (exact) mass is 290 g/mol. The van der Waals surface area contributed by atoms with Crippen LogP contribution in [0.25, 0.3) is 0 Å². The molecule has 0 amide bonds. The van der Waals surface area contributed by atoms with Gasteiger partial charge in [-0.15, -0.1) is 0 Å². The molecule has 0 unspecified atom stereocenters. The summed E-state index contributed by atoms with van der Waals surface area (Å²) in [5, 5.41) is 0. The van der Waals surface area contributed by atoms with Gasteiger partial charge in [0.05, 0.1) is 5.56 Å². The van der Waals surface area contributed by atoms with Gasteiger partial charge >= 0.3 is 5.97 Å². The molecule has 1 aliphatic rings. The zero-order chi connectivity index (χ0) is 8.72. The molecular weight excluding hydrogens is 288 g/mol. The first-order valence-electron chi connectivity index (χ1n) is 3.34. The average molecular weight is 292 g/mol. The van der Waals surface area contributed by atoms with E-state index in [9.17, 15) is 4.79 Å². The Labute approximate surface area is 86.2 Å². The van der Waals surface area contributed by atoms with E-state index >= 15 is 0 Å². The lowest BCUT2D eigenvalue weighted by Gasteiger charge is -1.99. The molecule has 0 bridgehead atoms. The van der Waals surface area contributed by atoms with Crippen molar-refractivity contribution < 1.29 is 9.53 Å². The smallest absolute Gasteiger partial charge is 0.340 e. The molecule has 1 aromatic rings. The maximum Gasteiger partial charge on any atom is 0.340 e. The number of ether oxygens (including phenoxy) is 1. The van der Waals surface area contributed by atoms with Crippen molar-refractivity contribution in [1.82, 2.24) is 0 Å². The van der Waals surface area contributed by atoms with Gasteiger partial charge in [0.2, 0.25) is 0 Å². The van der Waals surface area contributed by atoms with Gasteiger partial charge in [0, 0.05) is 14.5 Å². The van der Waals surface area contributed by atoms with Crippen LogP contribution in [0.1, 0.15) is 15.9 Å². The summed E-state index contributed by atoms with van der Waals surface area (Å²) in [4.78, 5) is 11.2. The summed E-state index contributed by atoms with van der Waals surface area (Å²) < 4.78 is 6.52. The molecule has 0 N–H and O–H groups in total. The van der Waals surface area contributed by atoms with Crippen LogP contribution in [0.3, 0.4) is 0 Å². The van der Waals surface area contributed by atoms with E-state index in [1.54, 1.807) is 0 Å². The highest BCUT2D eigenvalue weighted by atomic mass is 79.9. The second-order valence-electron chi connectivity index (χ2n) is 2.47. The van der Waals surface area contributed by atoms with E-state index in [1.165, 1.54) is 0 Å². The first-order chi connectivity index (χ1) is 5.70. The Kier molecular flexibility index (Phi) is 1.96. The van der Waals surface area contributed by atoms with Gasteiger partial charge in [-0.2, -0.15) is 0 Å². The molecule has 12 heavy (non-hydrogen) atoms. The second-order valence-corrected chi connectivity index (χ2v) is 4.12. The second kappa shape index (κ2) is 2.85. The van der Waals surface area contributed by atoms with Crippen LogP contribution in [0.15, 0.2) is 21.1 Å². The van der Waals surface area contributed by atoms with Gasteiger partial charge in [-0.05, 0) is 37.9 Å². The molecule has 0 aliphatic carbocycles. The Morgan fingerprint density at radius 3 is 2.83 bits per heavy atom. The van der Waals surface area contributed by atoms with E-state index in [0.29, 0.717) is 12.2 Å². The molecule has 0 saturated heterocycles. The molecule has 0 aromatic heterocycles. The van der Waals surface area contributed by atoms with Gasteiger partial charge in [-0.3, -0.25) is 0 Å². The molecule has 1 aliphatic heterocycles. The number of cyclic esters (lactones) is 1. The van der Waals surface area contributed by atoms with Gasteiger partial charge < -0.3 is 4.74 Å². The normalized spacial score (nSPS) is 14.3. The lowest BCUT2D eigenvalue weighted by molar-refractivity contribution is 0.0534. The van der Waals surface area contributed by atoms with Gasteiger partial charge in [-0.1, -0.05) is 6.07 Å². The number of rotatable bonds is 0. The van der Waals surface area contributed by atoms with Crippen LogP contribution in [-0.4, -0.2) is 5.97 Å². The number of benzene rings is 1. The summed E-state index contributed by atoms with van der Waals surface area (Å²) in [7, 11) is 0. The van der Waals surface area contributed by atoms with E-state index < -0.39 is 0 Å². The van der Waals surface area contributed by atoms with Crippen LogP contribution in [0.2, 0.25) is 0 Å². The molecule has 1 aromatic carbocycles. The fraction of sp³-hybridized carbons (Fsp3) is 0.125. The number of hydrogen-bond acceptors (Lipinski definition) is 2. The van der Waals surface area contributed by atoms with E-state index in [1.807, 2.05) is 12.1 Å². The molecule has 2 nitrogen and oxygen atoms in total. The molecule has 0 radical (unpaired) electrons. The van der Waals surface area contributed by atoms with Crippen molar-refractivity contribution in [2.24, 2.45) is 0 Å². The van der Waals surface area contributed by atoms with Crippen molar-refractivity contribution >= 4 is 37.8 Å². The molecule has 0 saturated carbocycles. The Hall–Kier alpha value is -0.350. The molecule has 2 rings (SSSR count). The molecule has 4 heteroatoms. The van der Waals surface area contributed by atoms with Crippen molar-refractivity contribution in [1.29, 1.82) is 0 Å². The zero-order valence-electron chi connectivity index (χ0n) is 5.93. The van der Waals surface area contributed by atoms with Crippen LogP contribution >= 0.6 is 31.9 Å². The van der Waals surface area contributed by atoms with Crippen LogP contribution in [0.4, 0.5) is 0 Å². The van der Waals surface area contributed by atoms with Crippen molar-refractivity contribution in [3.05, 3.63) is 32.2 Å². The highest BCUT2D eigenvalue weighted by molar-refractivity contribution is 9.13. The van der Waals surface area contributed by atoms with Crippen LogP contribution in [-0.2, 0) is 11.3 Å². The van der Waals surface area contributed by atoms with Crippen molar-refractivity contribution in [2.45, 2.75) is 6.61 Å². The third-order valence-corrected chi connectivity index (χ3v) is 3.76. The number of carbonyl (C=O) groups excluding carboxylic acids is 1. The van der Waals surface area contributed by atoms with Gasteiger partial charge in [0.1, 0.15) is 6.61 Å². The number of carbonyl (C=O) groups is 1. The maximum absolute atomic E-state index is 11.2. The van der Waals surface area contributed by atoms with Crippen molar-refractivity contribution in [3.63, 3.8) is 0 Å². The fourth-order valence-electron chi connectivity index (χ4n) is 1.15. The third kappa shape index (κ3) is 1.10. The van der Waals surface area contributed by atoms with Crippen LogP contribution < -0.4 is 0 Å². The molecule has 1 heterocycles. The predicted molar refractivity (Wildman–Crippen MR) is 51.0 cm³/mol. The minimum absolute atomic E-state index is 0.252. The topological polar surface area (TPSA) is 26.3 Å². The SMILES string of the molecule is O=C1OCc2ccc(Br)c(Br)c21. The first kappa shape index (κ1) is 8.26. The number of halogens is 2. The van der Waals surface area contributed by atoms with Crippen LogP contribution in [0, 0.1) is 0 Å². The Morgan fingerprint density at radius 1 is 1.33 bits per heavy atom. The summed E-state index contributed by atoms with van der Waals surface area (Å²) in [6.45, 7) is 0.389. The average Bonchev–Trinajstić information content (AvgIpc) is 2.41. The fourth-order valence-corrected chi connectivity index (χ4v) is 2.03. The molecule has 62 valence electrons. The van der Waals surface area contributed by atoms with Crippen molar-refractivity contribution in [3.8, 4) is 0 Å². The highest BCUT2D eigenvalue weighted by Crippen LogP contribution is 2.33. The Bertz CT molecular complexity index is 360. The standard InChI is InChI=1S/C8H4Br2O2/c9-5-2-1-4-3-12-8(11)6(4)7(5)10/h1-2H,3H2. The number of fused-ring (bicyclic) bond motifs is 1. The van der Waals surface area contributed by atoms with Gasteiger partial charge in [0.25, 0.3) is 0 Å².